The quantitative estimate of drug-likeness (QED) is 0.364. The number of benzene rings is 1. The first kappa shape index (κ1) is 19.5. The summed E-state index contributed by atoms with van der Waals surface area (Å²) in [6.07, 6.45) is 1.98. The van der Waals surface area contributed by atoms with Gasteiger partial charge >= 0.3 is 5.97 Å². The molecule has 26 heavy (non-hydrogen) atoms. The molecule has 0 unspecified atom stereocenters. The second-order valence-corrected chi connectivity index (χ2v) is 5.87. The summed E-state index contributed by atoms with van der Waals surface area (Å²) in [7, 11) is 0. The largest absolute Gasteiger partial charge is 0.544 e. The summed E-state index contributed by atoms with van der Waals surface area (Å²) in [6, 6.07) is 6.53. The average Bonchev–Trinajstić information content (AvgIpc) is 3.08. The SMILES string of the molecule is CCOC(=O)COc1ccc(/C=C(\Sc2nnc(CC)o2)C(=O)[O-])cc1. The first-order chi connectivity index (χ1) is 12.5. The number of rotatable bonds is 9. The summed E-state index contributed by atoms with van der Waals surface area (Å²) in [5.74, 6) is -0.928. The number of aliphatic carboxylic acids is 1. The number of aromatic nitrogens is 2. The predicted octanol–water partition coefficient (Wildman–Crippen LogP) is 1.46. The number of nitrogens with zero attached hydrogens (tertiary/aromatic N) is 2. The maximum Gasteiger partial charge on any atom is 0.344 e. The van der Waals surface area contributed by atoms with Crippen LogP contribution in [0.1, 0.15) is 25.3 Å². The lowest BCUT2D eigenvalue weighted by molar-refractivity contribution is -0.298. The molecule has 9 heteroatoms. The molecule has 0 fully saturated rings. The number of esters is 1. The van der Waals surface area contributed by atoms with Crippen molar-refractivity contribution in [1.82, 2.24) is 10.2 Å². The fraction of sp³-hybridized carbons (Fsp3) is 0.294. The highest BCUT2D eigenvalue weighted by atomic mass is 32.2. The van der Waals surface area contributed by atoms with E-state index in [0.29, 0.717) is 23.6 Å². The molecule has 0 radical (unpaired) electrons. The van der Waals surface area contributed by atoms with E-state index in [9.17, 15) is 14.7 Å². The second kappa shape index (κ2) is 9.62. The molecule has 2 aromatic rings. The number of carbonyl (C=O) groups excluding carboxylic acids is 2. The molecule has 0 atom stereocenters. The Labute approximate surface area is 154 Å². The molecule has 0 spiro atoms. The molecule has 138 valence electrons. The van der Waals surface area contributed by atoms with Gasteiger partial charge in [-0.3, -0.25) is 0 Å². The third kappa shape index (κ3) is 5.92. The predicted molar refractivity (Wildman–Crippen MR) is 91.1 cm³/mol. The maximum atomic E-state index is 11.3. The van der Waals surface area contributed by atoms with E-state index in [-0.39, 0.29) is 23.3 Å². The standard InChI is InChI=1S/C17H18N2O6S/c1-3-14-18-19-17(25-14)26-13(16(21)22)9-11-5-7-12(8-6-11)24-10-15(20)23-4-2/h5-9H,3-4,10H2,1-2H3,(H,21,22)/p-1/b13-9-. The Balaban J connectivity index is 2.04. The molecule has 1 heterocycles. The number of aryl methyl sites for hydroxylation is 1. The van der Waals surface area contributed by atoms with E-state index >= 15 is 0 Å². The molecule has 0 aliphatic rings. The molecular weight excluding hydrogens is 360 g/mol. The van der Waals surface area contributed by atoms with E-state index in [1.165, 1.54) is 6.08 Å². The van der Waals surface area contributed by atoms with Gasteiger partial charge in [-0.1, -0.05) is 19.1 Å². The summed E-state index contributed by atoms with van der Waals surface area (Å²) >= 11 is 0.818. The summed E-state index contributed by atoms with van der Waals surface area (Å²) in [5, 5.41) is 19.0. The highest BCUT2D eigenvalue weighted by molar-refractivity contribution is 8.03. The van der Waals surface area contributed by atoms with Crippen molar-refractivity contribution in [1.29, 1.82) is 0 Å². The molecule has 0 bridgehead atoms. The molecule has 2 rings (SSSR count). The number of hydrogen-bond donors (Lipinski definition) is 0. The fourth-order valence-electron chi connectivity index (χ4n) is 1.80. The summed E-state index contributed by atoms with van der Waals surface area (Å²) < 4.78 is 15.3. The number of carbonyl (C=O) groups is 2. The van der Waals surface area contributed by atoms with E-state index in [1.807, 2.05) is 6.92 Å². The van der Waals surface area contributed by atoms with Crippen molar-refractivity contribution in [2.45, 2.75) is 25.5 Å². The van der Waals surface area contributed by atoms with Gasteiger partial charge in [0.05, 0.1) is 12.6 Å². The zero-order valence-electron chi connectivity index (χ0n) is 14.3. The number of carboxylic acids is 1. The van der Waals surface area contributed by atoms with Gasteiger partial charge < -0.3 is 23.8 Å². The summed E-state index contributed by atoms with van der Waals surface area (Å²) in [5.41, 5.74) is 0.607. The van der Waals surface area contributed by atoms with Gasteiger partial charge in [0.2, 0.25) is 5.89 Å². The van der Waals surface area contributed by atoms with Crippen LogP contribution in [0.5, 0.6) is 5.75 Å². The van der Waals surface area contributed by atoms with Crippen LogP contribution in [-0.4, -0.2) is 35.3 Å². The molecule has 8 nitrogen and oxygen atoms in total. The van der Waals surface area contributed by atoms with E-state index in [0.717, 1.165) is 11.8 Å². The van der Waals surface area contributed by atoms with Crippen molar-refractivity contribution in [2.75, 3.05) is 13.2 Å². The number of ether oxygens (including phenoxy) is 2. The second-order valence-electron chi connectivity index (χ2n) is 4.88. The summed E-state index contributed by atoms with van der Waals surface area (Å²) in [4.78, 5) is 22.5. The van der Waals surface area contributed by atoms with Gasteiger partial charge in [-0.25, -0.2) is 4.79 Å². The minimum atomic E-state index is -1.35. The Morgan fingerprint density at radius 1 is 1.23 bits per heavy atom. The number of thioether (sulfide) groups is 1. The lowest BCUT2D eigenvalue weighted by Gasteiger charge is -2.07. The molecule has 0 aliphatic carbocycles. The number of hydrogen-bond acceptors (Lipinski definition) is 9. The Hall–Kier alpha value is -2.81. The molecular formula is C17H17N2O6S-. The van der Waals surface area contributed by atoms with Crippen LogP contribution in [0.25, 0.3) is 6.08 Å². The smallest absolute Gasteiger partial charge is 0.344 e. The minimum Gasteiger partial charge on any atom is -0.544 e. The maximum absolute atomic E-state index is 11.3. The monoisotopic (exact) mass is 377 g/mol. The van der Waals surface area contributed by atoms with Gasteiger partial charge in [0.15, 0.2) is 6.61 Å². The van der Waals surface area contributed by atoms with Gasteiger partial charge in [-0.15, -0.1) is 10.2 Å². The Bertz CT molecular complexity index is 785. The van der Waals surface area contributed by atoms with E-state index in [1.54, 1.807) is 31.2 Å². The van der Waals surface area contributed by atoms with Crippen LogP contribution < -0.4 is 9.84 Å². The highest BCUT2D eigenvalue weighted by Crippen LogP contribution is 2.27. The third-order valence-corrected chi connectivity index (χ3v) is 3.83. The van der Waals surface area contributed by atoms with Crippen molar-refractivity contribution in [3.05, 3.63) is 40.6 Å². The van der Waals surface area contributed by atoms with E-state index in [2.05, 4.69) is 10.2 Å². The van der Waals surface area contributed by atoms with Crippen LogP contribution in [0.3, 0.4) is 0 Å². The first-order valence-electron chi connectivity index (χ1n) is 7.83. The van der Waals surface area contributed by atoms with Crippen molar-refractivity contribution in [2.24, 2.45) is 0 Å². The molecule has 0 amide bonds. The van der Waals surface area contributed by atoms with Crippen LogP contribution in [0.2, 0.25) is 0 Å². The van der Waals surface area contributed by atoms with Gasteiger partial charge in [0.25, 0.3) is 5.22 Å². The average molecular weight is 377 g/mol. The van der Waals surface area contributed by atoms with Gasteiger partial charge in [-0.2, -0.15) is 0 Å². The first-order valence-corrected chi connectivity index (χ1v) is 8.65. The Kier molecular flexibility index (Phi) is 7.22. The molecule has 0 aliphatic heterocycles. The summed E-state index contributed by atoms with van der Waals surface area (Å²) in [6.45, 7) is 3.65. The molecule has 0 N–H and O–H groups in total. The lowest BCUT2D eigenvalue weighted by atomic mass is 10.2. The normalized spacial score (nSPS) is 11.2. The van der Waals surface area contributed by atoms with Crippen molar-refractivity contribution >= 4 is 29.8 Å². The van der Waals surface area contributed by atoms with Gasteiger partial charge in [-0.05, 0) is 42.5 Å². The van der Waals surface area contributed by atoms with Crippen LogP contribution >= 0.6 is 11.8 Å². The molecule has 1 aromatic heterocycles. The van der Waals surface area contributed by atoms with Gasteiger partial charge in [0.1, 0.15) is 5.75 Å². The fourth-order valence-corrected chi connectivity index (χ4v) is 2.49. The Morgan fingerprint density at radius 2 is 1.96 bits per heavy atom. The van der Waals surface area contributed by atoms with Crippen LogP contribution in [0, 0.1) is 0 Å². The van der Waals surface area contributed by atoms with Crippen LogP contribution in [0.4, 0.5) is 0 Å². The van der Waals surface area contributed by atoms with E-state index < -0.39 is 11.9 Å². The van der Waals surface area contributed by atoms with E-state index in [4.69, 9.17) is 13.9 Å². The lowest BCUT2D eigenvalue weighted by Crippen LogP contribution is -2.23. The third-order valence-electron chi connectivity index (χ3n) is 2.99. The highest BCUT2D eigenvalue weighted by Gasteiger charge is 2.10. The van der Waals surface area contributed by atoms with Crippen molar-refractivity contribution in [3.8, 4) is 5.75 Å². The zero-order chi connectivity index (χ0) is 18.9. The van der Waals surface area contributed by atoms with Crippen LogP contribution in [0.15, 0.2) is 38.8 Å². The van der Waals surface area contributed by atoms with Gasteiger partial charge in [0, 0.05) is 11.3 Å². The zero-order valence-corrected chi connectivity index (χ0v) is 15.1. The molecule has 0 saturated carbocycles. The Morgan fingerprint density at radius 3 is 2.54 bits per heavy atom. The topological polar surface area (TPSA) is 115 Å². The van der Waals surface area contributed by atoms with Crippen molar-refractivity contribution in [3.63, 3.8) is 0 Å². The van der Waals surface area contributed by atoms with Crippen LogP contribution in [-0.2, 0) is 20.7 Å². The molecule has 0 saturated heterocycles. The number of carboxylic acid groups (broad SMARTS) is 1. The minimum absolute atomic E-state index is 0.0727. The van der Waals surface area contributed by atoms with Crippen molar-refractivity contribution < 1.29 is 28.6 Å². The molecule has 1 aromatic carbocycles.